The molecule has 1 aromatic carbocycles. The maximum Gasteiger partial charge on any atom is 0.319 e. The molecule has 1 aliphatic heterocycles. The van der Waals surface area contributed by atoms with Crippen molar-refractivity contribution in [2.24, 2.45) is 0 Å². The van der Waals surface area contributed by atoms with Crippen molar-refractivity contribution < 1.29 is 4.79 Å². The van der Waals surface area contributed by atoms with Crippen LogP contribution >= 0.6 is 11.6 Å². The van der Waals surface area contributed by atoms with E-state index in [2.05, 4.69) is 16.0 Å². The molecule has 2 rings (SSSR count). The summed E-state index contributed by atoms with van der Waals surface area (Å²) >= 11 is 6.00. The molecule has 0 saturated carbocycles. The van der Waals surface area contributed by atoms with Crippen molar-refractivity contribution >= 4 is 23.3 Å². The summed E-state index contributed by atoms with van der Waals surface area (Å²) in [6, 6.07) is 5.69. The Bertz CT molecular complexity index is 430. The molecule has 0 radical (unpaired) electrons. The number of amides is 2. The maximum absolute atomic E-state index is 11.7. The van der Waals surface area contributed by atoms with Crippen LogP contribution in [-0.4, -0.2) is 25.2 Å². The van der Waals surface area contributed by atoms with E-state index in [0.29, 0.717) is 23.3 Å². The standard InChI is InChI=1S/C13H18ClN3O/c1-9-4-5-10(7-12(9)14)17-13(18)16-8-11-3-2-6-15-11/h4-5,7,11,15H,2-3,6,8H2,1H3,(H2,16,17,18). The summed E-state index contributed by atoms with van der Waals surface area (Å²) in [6.07, 6.45) is 2.30. The number of hydrogen-bond acceptors (Lipinski definition) is 2. The number of nitrogens with one attached hydrogen (secondary N) is 3. The first kappa shape index (κ1) is 13.2. The minimum absolute atomic E-state index is 0.191. The number of rotatable bonds is 3. The smallest absolute Gasteiger partial charge is 0.319 e. The van der Waals surface area contributed by atoms with Crippen LogP contribution in [0.4, 0.5) is 10.5 Å². The third kappa shape index (κ3) is 3.62. The minimum Gasteiger partial charge on any atom is -0.336 e. The van der Waals surface area contributed by atoms with Gasteiger partial charge in [-0.05, 0) is 44.0 Å². The van der Waals surface area contributed by atoms with E-state index in [4.69, 9.17) is 11.6 Å². The average Bonchev–Trinajstić information content (AvgIpc) is 2.84. The highest BCUT2D eigenvalue weighted by Gasteiger charge is 2.14. The maximum atomic E-state index is 11.7. The highest BCUT2D eigenvalue weighted by atomic mass is 35.5. The van der Waals surface area contributed by atoms with E-state index in [1.54, 1.807) is 6.07 Å². The van der Waals surface area contributed by atoms with Crippen LogP contribution in [0.3, 0.4) is 0 Å². The normalized spacial score (nSPS) is 18.7. The summed E-state index contributed by atoms with van der Waals surface area (Å²) in [5, 5.41) is 9.61. The molecule has 1 aliphatic rings. The van der Waals surface area contributed by atoms with Gasteiger partial charge >= 0.3 is 6.03 Å². The van der Waals surface area contributed by atoms with Gasteiger partial charge in [0.2, 0.25) is 0 Å². The second-order valence-electron chi connectivity index (χ2n) is 4.59. The zero-order valence-electron chi connectivity index (χ0n) is 10.4. The van der Waals surface area contributed by atoms with Gasteiger partial charge in [0.1, 0.15) is 0 Å². The molecule has 5 heteroatoms. The van der Waals surface area contributed by atoms with Crippen LogP contribution in [0.2, 0.25) is 5.02 Å². The summed E-state index contributed by atoms with van der Waals surface area (Å²) in [5.74, 6) is 0. The predicted octanol–water partition coefficient (Wildman–Crippen LogP) is 2.52. The molecule has 0 aromatic heterocycles. The molecule has 1 fully saturated rings. The van der Waals surface area contributed by atoms with E-state index in [9.17, 15) is 4.79 Å². The van der Waals surface area contributed by atoms with Crippen LogP contribution in [0.15, 0.2) is 18.2 Å². The molecule has 4 nitrogen and oxygen atoms in total. The molecular formula is C13H18ClN3O. The van der Waals surface area contributed by atoms with E-state index < -0.39 is 0 Å². The van der Waals surface area contributed by atoms with E-state index in [0.717, 1.165) is 18.5 Å². The van der Waals surface area contributed by atoms with Crippen LogP contribution in [0, 0.1) is 6.92 Å². The number of carbonyl (C=O) groups is 1. The van der Waals surface area contributed by atoms with Crippen molar-refractivity contribution in [1.82, 2.24) is 10.6 Å². The Kier molecular flexibility index (Phi) is 4.44. The SMILES string of the molecule is Cc1ccc(NC(=O)NCC2CCCN2)cc1Cl. The largest absolute Gasteiger partial charge is 0.336 e. The van der Waals surface area contributed by atoms with Gasteiger partial charge in [0.15, 0.2) is 0 Å². The third-order valence-electron chi connectivity index (χ3n) is 3.10. The van der Waals surface area contributed by atoms with Gasteiger partial charge in [-0.25, -0.2) is 4.79 Å². The molecule has 2 amide bonds. The molecule has 0 aliphatic carbocycles. The molecule has 1 aromatic rings. The Hall–Kier alpha value is -1.26. The molecule has 0 bridgehead atoms. The third-order valence-corrected chi connectivity index (χ3v) is 3.51. The Balaban J connectivity index is 1.80. The highest BCUT2D eigenvalue weighted by Crippen LogP contribution is 2.19. The summed E-state index contributed by atoms with van der Waals surface area (Å²) in [4.78, 5) is 11.7. The van der Waals surface area contributed by atoms with Gasteiger partial charge in [-0.3, -0.25) is 0 Å². The first-order valence-electron chi connectivity index (χ1n) is 6.19. The summed E-state index contributed by atoms with van der Waals surface area (Å²) in [7, 11) is 0. The topological polar surface area (TPSA) is 53.2 Å². The second kappa shape index (κ2) is 6.07. The van der Waals surface area contributed by atoms with E-state index in [1.165, 1.54) is 6.42 Å². The van der Waals surface area contributed by atoms with Gasteiger partial charge in [0, 0.05) is 23.3 Å². The molecular weight excluding hydrogens is 250 g/mol. The van der Waals surface area contributed by atoms with Crippen molar-refractivity contribution in [1.29, 1.82) is 0 Å². The van der Waals surface area contributed by atoms with E-state index in [-0.39, 0.29) is 6.03 Å². The summed E-state index contributed by atoms with van der Waals surface area (Å²) in [6.45, 7) is 3.63. The monoisotopic (exact) mass is 267 g/mol. The first-order chi connectivity index (χ1) is 8.65. The Labute approximate surface area is 112 Å². The van der Waals surface area contributed by atoms with Gasteiger partial charge in [-0.1, -0.05) is 17.7 Å². The molecule has 3 N–H and O–H groups in total. The molecule has 1 unspecified atom stereocenters. The molecule has 1 saturated heterocycles. The zero-order valence-corrected chi connectivity index (χ0v) is 11.2. The van der Waals surface area contributed by atoms with Crippen LogP contribution in [0.1, 0.15) is 18.4 Å². The Morgan fingerprint density at radius 2 is 2.39 bits per heavy atom. The number of benzene rings is 1. The van der Waals surface area contributed by atoms with E-state index >= 15 is 0 Å². The number of hydrogen-bond donors (Lipinski definition) is 3. The van der Waals surface area contributed by atoms with Crippen molar-refractivity contribution in [3.63, 3.8) is 0 Å². The minimum atomic E-state index is -0.191. The molecule has 0 spiro atoms. The fourth-order valence-electron chi connectivity index (χ4n) is 1.99. The lowest BCUT2D eigenvalue weighted by Crippen LogP contribution is -2.39. The van der Waals surface area contributed by atoms with Gasteiger partial charge in [-0.15, -0.1) is 0 Å². The van der Waals surface area contributed by atoms with Crippen LogP contribution < -0.4 is 16.0 Å². The summed E-state index contributed by atoms with van der Waals surface area (Å²) < 4.78 is 0. The summed E-state index contributed by atoms with van der Waals surface area (Å²) in [5.41, 5.74) is 1.71. The molecule has 1 atom stereocenters. The lowest BCUT2D eigenvalue weighted by molar-refractivity contribution is 0.251. The quantitative estimate of drug-likeness (QED) is 0.788. The fraction of sp³-hybridized carbons (Fsp3) is 0.462. The van der Waals surface area contributed by atoms with Crippen LogP contribution in [0.25, 0.3) is 0 Å². The Morgan fingerprint density at radius 3 is 3.06 bits per heavy atom. The zero-order chi connectivity index (χ0) is 13.0. The van der Waals surface area contributed by atoms with Crippen molar-refractivity contribution in [3.8, 4) is 0 Å². The highest BCUT2D eigenvalue weighted by molar-refractivity contribution is 6.31. The van der Waals surface area contributed by atoms with Crippen LogP contribution in [0.5, 0.6) is 0 Å². The molecule has 1 heterocycles. The molecule has 18 heavy (non-hydrogen) atoms. The number of carbonyl (C=O) groups excluding carboxylic acids is 1. The van der Waals surface area contributed by atoms with E-state index in [1.807, 2.05) is 19.1 Å². The number of anilines is 1. The lowest BCUT2D eigenvalue weighted by atomic mass is 10.2. The number of urea groups is 1. The second-order valence-corrected chi connectivity index (χ2v) is 5.00. The molecule has 98 valence electrons. The fourth-order valence-corrected chi connectivity index (χ4v) is 2.17. The van der Waals surface area contributed by atoms with Crippen molar-refractivity contribution in [3.05, 3.63) is 28.8 Å². The van der Waals surface area contributed by atoms with Crippen molar-refractivity contribution in [2.45, 2.75) is 25.8 Å². The van der Waals surface area contributed by atoms with Crippen LogP contribution in [-0.2, 0) is 0 Å². The average molecular weight is 268 g/mol. The van der Waals surface area contributed by atoms with Gasteiger partial charge in [0.25, 0.3) is 0 Å². The number of halogens is 1. The van der Waals surface area contributed by atoms with Crippen molar-refractivity contribution in [2.75, 3.05) is 18.4 Å². The van der Waals surface area contributed by atoms with Gasteiger partial charge in [-0.2, -0.15) is 0 Å². The first-order valence-corrected chi connectivity index (χ1v) is 6.57. The van der Waals surface area contributed by atoms with Gasteiger partial charge < -0.3 is 16.0 Å². The number of aryl methyl sites for hydroxylation is 1. The lowest BCUT2D eigenvalue weighted by Gasteiger charge is -2.12. The predicted molar refractivity (Wildman–Crippen MR) is 74.2 cm³/mol. The van der Waals surface area contributed by atoms with Gasteiger partial charge in [0.05, 0.1) is 0 Å². The Morgan fingerprint density at radius 1 is 1.56 bits per heavy atom.